The fraction of sp³-hybridized carbons (Fsp3) is 0.462. The minimum Gasteiger partial charge on any atom is -0.325 e. The van der Waals surface area contributed by atoms with Crippen LogP contribution in [0.25, 0.3) is 0 Å². The van der Waals surface area contributed by atoms with E-state index in [4.69, 9.17) is 0 Å². The highest BCUT2D eigenvalue weighted by Crippen LogP contribution is 2.27. The number of urea groups is 1. The first-order valence-electron chi connectivity index (χ1n) is 6.48. The van der Waals surface area contributed by atoms with Crippen molar-refractivity contribution < 1.29 is 14.1 Å². The van der Waals surface area contributed by atoms with Crippen molar-refractivity contribution in [3.05, 3.63) is 34.1 Å². The topological polar surface area (TPSA) is 75.5 Å². The molecule has 1 N–H and O–H groups in total. The van der Waals surface area contributed by atoms with E-state index in [0.29, 0.717) is 19.0 Å². The molecule has 1 aromatic carbocycles. The number of halogens is 1. The molecule has 0 aromatic heterocycles. The van der Waals surface area contributed by atoms with E-state index in [1.807, 2.05) is 0 Å². The minimum atomic E-state index is -0.807. The van der Waals surface area contributed by atoms with Gasteiger partial charge < -0.3 is 4.90 Å². The average molecular weight is 281 g/mol. The van der Waals surface area contributed by atoms with Crippen molar-refractivity contribution in [2.75, 3.05) is 18.4 Å². The molecule has 2 rings (SSSR count). The average Bonchev–Trinajstić information content (AvgIpc) is 2.41. The first kappa shape index (κ1) is 14.2. The Balaban J connectivity index is 2.13. The van der Waals surface area contributed by atoms with Gasteiger partial charge in [0.15, 0.2) is 11.5 Å². The number of amides is 2. The van der Waals surface area contributed by atoms with Crippen molar-refractivity contribution in [3.63, 3.8) is 0 Å². The fourth-order valence-corrected chi connectivity index (χ4v) is 2.19. The first-order chi connectivity index (χ1) is 9.49. The third kappa shape index (κ3) is 3.04. The number of rotatable bonds is 2. The van der Waals surface area contributed by atoms with Crippen LogP contribution in [0.5, 0.6) is 0 Å². The molecule has 0 bridgehead atoms. The lowest BCUT2D eigenvalue weighted by molar-refractivity contribution is -0.384. The monoisotopic (exact) mass is 281 g/mol. The van der Waals surface area contributed by atoms with Gasteiger partial charge in [-0.2, -0.15) is 0 Å². The lowest BCUT2D eigenvalue weighted by Gasteiger charge is -2.30. The van der Waals surface area contributed by atoms with Gasteiger partial charge in [-0.1, -0.05) is 13.0 Å². The van der Waals surface area contributed by atoms with Crippen molar-refractivity contribution in [1.82, 2.24) is 4.90 Å². The Labute approximate surface area is 115 Å². The lowest BCUT2D eigenvalue weighted by atomic mass is 10.00. The summed E-state index contributed by atoms with van der Waals surface area (Å²) in [6.45, 7) is 3.27. The number of anilines is 1. The molecule has 1 aliphatic rings. The molecule has 1 aliphatic heterocycles. The van der Waals surface area contributed by atoms with Crippen LogP contribution in [0.4, 0.5) is 20.6 Å². The van der Waals surface area contributed by atoms with Crippen LogP contribution >= 0.6 is 0 Å². The summed E-state index contributed by atoms with van der Waals surface area (Å²) in [5.41, 5.74) is -0.815. The number of nitro benzene ring substituents is 1. The normalized spacial score (nSPS) is 16.0. The van der Waals surface area contributed by atoms with Gasteiger partial charge in [-0.05, 0) is 24.8 Å². The molecule has 108 valence electrons. The summed E-state index contributed by atoms with van der Waals surface area (Å²) in [5.74, 6) is -0.250. The molecular formula is C13H16FN3O3. The summed E-state index contributed by atoms with van der Waals surface area (Å²) in [7, 11) is 0. The Kier molecular flexibility index (Phi) is 4.16. The third-order valence-electron chi connectivity index (χ3n) is 3.49. The molecule has 1 saturated heterocycles. The number of likely N-dealkylation sites (tertiary alicyclic amines) is 1. The van der Waals surface area contributed by atoms with Crippen LogP contribution in [-0.2, 0) is 0 Å². The van der Waals surface area contributed by atoms with Crippen LogP contribution in [-0.4, -0.2) is 28.9 Å². The molecule has 20 heavy (non-hydrogen) atoms. The van der Waals surface area contributed by atoms with Crippen molar-refractivity contribution in [1.29, 1.82) is 0 Å². The van der Waals surface area contributed by atoms with Gasteiger partial charge in [-0.25, -0.2) is 9.18 Å². The zero-order chi connectivity index (χ0) is 14.7. The number of carbonyl (C=O) groups is 1. The molecule has 0 saturated carbocycles. The van der Waals surface area contributed by atoms with Gasteiger partial charge in [-0.3, -0.25) is 15.4 Å². The van der Waals surface area contributed by atoms with E-state index in [-0.39, 0.29) is 5.69 Å². The Morgan fingerprint density at radius 2 is 2.10 bits per heavy atom. The highest BCUT2D eigenvalue weighted by molar-refractivity contribution is 5.92. The van der Waals surface area contributed by atoms with Crippen molar-refractivity contribution in [2.24, 2.45) is 5.92 Å². The summed E-state index contributed by atoms with van der Waals surface area (Å²) in [6.07, 6.45) is 1.76. The van der Waals surface area contributed by atoms with Gasteiger partial charge in [0.2, 0.25) is 0 Å². The number of nitro groups is 1. The molecule has 1 heterocycles. The van der Waals surface area contributed by atoms with Crippen LogP contribution in [0, 0.1) is 21.8 Å². The van der Waals surface area contributed by atoms with E-state index in [1.54, 1.807) is 4.90 Å². The second-order valence-electron chi connectivity index (χ2n) is 4.99. The number of nitrogens with zero attached hydrogens (tertiary/aromatic N) is 2. The number of benzene rings is 1. The second-order valence-corrected chi connectivity index (χ2v) is 4.99. The van der Waals surface area contributed by atoms with Crippen molar-refractivity contribution in [2.45, 2.75) is 19.8 Å². The maximum absolute atomic E-state index is 13.7. The molecule has 7 heteroatoms. The SMILES string of the molecule is CC1CCN(C(=O)Nc2c(F)cccc2[N+](=O)[O-])CC1. The van der Waals surface area contributed by atoms with Crippen LogP contribution in [0.3, 0.4) is 0 Å². The summed E-state index contributed by atoms with van der Waals surface area (Å²) >= 11 is 0. The highest BCUT2D eigenvalue weighted by Gasteiger charge is 2.24. The summed E-state index contributed by atoms with van der Waals surface area (Å²) < 4.78 is 13.7. The minimum absolute atomic E-state index is 0.374. The van der Waals surface area contributed by atoms with Crippen LogP contribution in [0.2, 0.25) is 0 Å². The predicted octanol–water partition coefficient (Wildman–Crippen LogP) is 3.00. The number of nitrogens with one attached hydrogen (secondary N) is 1. The van der Waals surface area contributed by atoms with E-state index < -0.39 is 22.5 Å². The summed E-state index contributed by atoms with van der Waals surface area (Å²) in [6, 6.07) is 2.99. The summed E-state index contributed by atoms with van der Waals surface area (Å²) in [5, 5.41) is 13.2. The zero-order valence-electron chi connectivity index (χ0n) is 11.1. The fourth-order valence-electron chi connectivity index (χ4n) is 2.19. The van der Waals surface area contributed by atoms with E-state index in [9.17, 15) is 19.3 Å². The second kappa shape index (κ2) is 5.85. The number of carbonyl (C=O) groups excluding carboxylic acids is 1. The van der Waals surface area contributed by atoms with Crippen LogP contribution in [0.1, 0.15) is 19.8 Å². The van der Waals surface area contributed by atoms with Gasteiger partial charge in [-0.15, -0.1) is 0 Å². The Morgan fingerprint density at radius 3 is 2.70 bits per heavy atom. The number of para-hydroxylation sites is 1. The van der Waals surface area contributed by atoms with E-state index in [1.165, 1.54) is 6.07 Å². The molecule has 6 nitrogen and oxygen atoms in total. The maximum atomic E-state index is 13.7. The molecule has 0 spiro atoms. The summed E-state index contributed by atoms with van der Waals surface area (Å²) in [4.78, 5) is 23.7. The molecule has 0 unspecified atom stereocenters. The van der Waals surface area contributed by atoms with Gasteiger partial charge in [0.25, 0.3) is 5.69 Å². The Hall–Kier alpha value is -2.18. The lowest BCUT2D eigenvalue weighted by Crippen LogP contribution is -2.40. The molecule has 2 amide bonds. The zero-order valence-corrected chi connectivity index (χ0v) is 11.1. The standard InChI is InChI=1S/C13H16FN3O3/c1-9-5-7-16(8-6-9)13(18)15-12-10(14)3-2-4-11(12)17(19)20/h2-4,9H,5-8H2,1H3,(H,15,18). The van der Waals surface area contributed by atoms with Crippen LogP contribution < -0.4 is 5.32 Å². The molecule has 1 fully saturated rings. The molecule has 0 atom stereocenters. The quantitative estimate of drug-likeness (QED) is 0.668. The van der Waals surface area contributed by atoms with Crippen molar-refractivity contribution in [3.8, 4) is 0 Å². The predicted molar refractivity (Wildman–Crippen MR) is 72.0 cm³/mol. The smallest absolute Gasteiger partial charge is 0.322 e. The molecular weight excluding hydrogens is 265 g/mol. The van der Waals surface area contributed by atoms with Gasteiger partial charge in [0.05, 0.1) is 4.92 Å². The van der Waals surface area contributed by atoms with Gasteiger partial charge >= 0.3 is 6.03 Å². The Bertz CT molecular complexity index is 528. The largest absolute Gasteiger partial charge is 0.325 e. The van der Waals surface area contributed by atoms with Crippen LogP contribution in [0.15, 0.2) is 18.2 Å². The van der Waals surface area contributed by atoms with Gasteiger partial charge in [0, 0.05) is 19.2 Å². The number of hydrogen-bond acceptors (Lipinski definition) is 3. The number of hydrogen-bond donors (Lipinski definition) is 1. The number of piperidine rings is 1. The Morgan fingerprint density at radius 1 is 1.45 bits per heavy atom. The van der Waals surface area contributed by atoms with E-state index in [2.05, 4.69) is 12.2 Å². The van der Waals surface area contributed by atoms with Gasteiger partial charge in [0.1, 0.15) is 0 Å². The molecule has 0 radical (unpaired) electrons. The third-order valence-corrected chi connectivity index (χ3v) is 3.49. The van der Waals surface area contributed by atoms with E-state index in [0.717, 1.165) is 25.0 Å². The maximum Gasteiger partial charge on any atom is 0.322 e. The first-order valence-corrected chi connectivity index (χ1v) is 6.48. The highest BCUT2D eigenvalue weighted by atomic mass is 19.1. The van der Waals surface area contributed by atoms with E-state index >= 15 is 0 Å². The molecule has 0 aliphatic carbocycles. The van der Waals surface area contributed by atoms with Crippen molar-refractivity contribution >= 4 is 17.4 Å². The molecule has 1 aromatic rings.